The van der Waals surface area contributed by atoms with Crippen LogP contribution in [0.1, 0.15) is 17.3 Å². The summed E-state index contributed by atoms with van der Waals surface area (Å²) in [5.41, 5.74) is 0.184. The Hall–Kier alpha value is -2.58. The smallest absolute Gasteiger partial charge is 0.264 e. The number of rotatable bonds is 5. The first-order valence-corrected chi connectivity index (χ1v) is 8.19. The van der Waals surface area contributed by atoms with Crippen LogP contribution in [0.3, 0.4) is 0 Å². The van der Waals surface area contributed by atoms with Crippen molar-refractivity contribution in [2.24, 2.45) is 0 Å². The van der Waals surface area contributed by atoms with Crippen molar-refractivity contribution in [2.75, 3.05) is 26.7 Å². The van der Waals surface area contributed by atoms with E-state index in [1.54, 1.807) is 24.5 Å². The van der Waals surface area contributed by atoms with Crippen molar-refractivity contribution in [1.29, 1.82) is 0 Å². The SMILES string of the molecule is CCO[C@H]1CN(C)C[C@@H]1NC(=O)c1cnc(-c2cccnc2)[nH]c1=O. The molecule has 0 radical (unpaired) electrons. The lowest BCUT2D eigenvalue weighted by Gasteiger charge is -2.19. The molecule has 0 aliphatic carbocycles. The standard InChI is InChI=1S/C17H21N5O3/c1-3-25-14-10-22(2)9-13(14)20-16(23)12-8-19-15(21-17(12)24)11-5-4-6-18-7-11/h4-8,13-14H,3,9-10H2,1-2H3,(H,20,23)(H,19,21,24)/t13-,14-/m0/s1. The zero-order valence-corrected chi connectivity index (χ0v) is 14.2. The van der Waals surface area contributed by atoms with Crippen molar-refractivity contribution in [1.82, 2.24) is 25.2 Å². The minimum Gasteiger partial charge on any atom is -0.375 e. The van der Waals surface area contributed by atoms with Crippen LogP contribution in [-0.2, 0) is 4.74 Å². The third kappa shape index (κ3) is 3.92. The maximum atomic E-state index is 12.5. The van der Waals surface area contributed by atoms with Crippen LogP contribution in [0.15, 0.2) is 35.5 Å². The molecule has 0 aromatic carbocycles. The summed E-state index contributed by atoms with van der Waals surface area (Å²) >= 11 is 0. The molecule has 3 rings (SSSR count). The predicted octanol–water partition coefficient (Wildman–Crippen LogP) is 0.281. The number of likely N-dealkylation sites (N-methyl/N-ethyl adjacent to an activating group) is 1. The summed E-state index contributed by atoms with van der Waals surface area (Å²) in [6.45, 7) is 3.92. The van der Waals surface area contributed by atoms with Crippen molar-refractivity contribution < 1.29 is 9.53 Å². The van der Waals surface area contributed by atoms with E-state index in [0.29, 0.717) is 24.5 Å². The van der Waals surface area contributed by atoms with Crippen LogP contribution in [0.25, 0.3) is 11.4 Å². The van der Waals surface area contributed by atoms with Crippen LogP contribution in [0, 0.1) is 0 Å². The first kappa shape index (κ1) is 17.2. The van der Waals surface area contributed by atoms with Gasteiger partial charge in [-0.1, -0.05) is 0 Å². The highest BCUT2D eigenvalue weighted by atomic mass is 16.5. The van der Waals surface area contributed by atoms with Gasteiger partial charge in [-0.3, -0.25) is 14.6 Å². The van der Waals surface area contributed by atoms with E-state index < -0.39 is 11.5 Å². The molecule has 2 aromatic heterocycles. The monoisotopic (exact) mass is 343 g/mol. The fourth-order valence-electron chi connectivity index (χ4n) is 2.94. The van der Waals surface area contributed by atoms with Crippen molar-refractivity contribution >= 4 is 5.91 Å². The number of nitrogens with one attached hydrogen (secondary N) is 2. The van der Waals surface area contributed by atoms with Gasteiger partial charge in [-0.15, -0.1) is 0 Å². The molecule has 3 heterocycles. The highest BCUT2D eigenvalue weighted by Crippen LogP contribution is 2.13. The summed E-state index contributed by atoms with van der Waals surface area (Å²) in [5, 5.41) is 2.88. The second-order valence-electron chi connectivity index (χ2n) is 6.01. The highest BCUT2D eigenvalue weighted by molar-refractivity contribution is 5.93. The first-order valence-electron chi connectivity index (χ1n) is 8.19. The summed E-state index contributed by atoms with van der Waals surface area (Å²) < 4.78 is 5.66. The number of aromatic amines is 1. The zero-order valence-electron chi connectivity index (χ0n) is 14.2. The lowest BCUT2D eigenvalue weighted by Crippen LogP contribution is -2.45. The normalized spacial score (nSPS) is 20.6. The lowest BCUT2D eigenvalue weighted by molar-refractivity contribution is 0.0513. The van der Waals surface area contributed by atoms with Gasteiger partial charge in [0, 0.05) is 43.9 Å². The molecule has 132 valence electrons. The number of aromatic nitrogens is 3. The molecule has 0 unspecified atom stereocenters. The van der Waals surface area contributed by atoms with Gasteiger partial charge in [-0.25, -0.2) is 4.98 Å². The van der Waals surface area contributed by atoms with Gasteiger partial charge < -0.3 is 19.9 Å². The number of H-pyrrole nitrogens is 1. The Kier molecular flexibility index (Phi) is 5.20. The van der Waals surface area contributed by atoms with Gasteiger partial charge in [0.1, 0.15) is 11.4 Å². The third-order valence-corrected chi connectivity index (χ3v) is 4.12. The molecule has 1 saturated heterocycles. The second kappa shape index (κ2) is 7.54. The Morgan fingerprint density at radius 2 is 2.28 bits per heavy atom. The minimum atomic E-state index is -0.481. The molecular weight excluding hydrogens is 322 g/mol. The highest BCUT2D eigenvalue weighted by Gasteiger charge is 2.33. The summed E-state index contributed by atoms with van der Waals surface area (Å²) in [6.07, 6.45) is 4.45. The Bertz CT molecular complexity index is 792. The van der Waals surface area contributed by atoms with E-state index in [4.69, 9.17) is 4.74 Å². The largest absolute Gasteiger partial charge is 0.375 e. The number of nitrogens with zero attached hydrogens (tertiary/aromatic N) is 3. The van der Waals surface area contributed by atoms with E-state index >= 15 is 0 Å². The Labute approximate surface area is 145 Å². The maximum Gasteiger partial charge on any atom is 0.264 e. The van der Waals surface area contributed by atoms with Crippen LogP contribution in [0.5, 0.6) is 0 Å². The average molecular weight is 343 g/mol. The summed E-state index contributed by atoms with van der Waals surface area (Å²) in [5.74, 6) is -0.0704. The Balaban J connectivity index is 1.75. The molecule has 0 saturated carbocycles. The summed E-state index contributed by atoms with van der Waals surface area (Å²) in [6, 6.07) is 3.38. The van der Waals surface area contributed by atoms with E-state index in [1.165, 1.54) is 6.20 Å². The molecule has 8 nitrogen and oxygen atoms in total. The molecule has 2 aromatic rings. The van der Waals surface area contributed by atoms with Gasteiger partial charge in [0.05, 0.1) is 12.1 Å². The number of carbonyl (C=O) groups is 1. The summed E-state index contributed by atoms with van der Waals surface area (Å²) in [7, 11) is 1.97. The van der Waals surface area contributed by atoms with Crippen molar-refractivity contribution in [3.05, 3.63) is 46.6 Å². The van der Waals surface area contributed by atoms with Crippen molar-refractivity contribution in [3.8, 4) is 11.4 Å². The van der Waals surface area contributed by atoms with E-state index in [-0.39, 0.29) is 17.7 Å². The topological polar surface area (TPSA) is 100 Å². The fraction of sp³-hybridized carbons (Fsp3) is 0.412. The maximum absolute atomic E-state index is 12.5. The molecule has 2 N–H and O–H groups in total. The first-order chi connectivity index (χ1) is 12.1. The van der Waals surface area contributed by atoms with Crippen LogP contribution < -0.4 is 10.9 Å². The van der Waals surface area contributed by atoms with Crippen LogP contribution in [0.4, 0.5) is 0 Å². The van der Waals surface area contributed by atoms with Crippen LogP contribution in [0.2, 0.25) is 0 Å². The average Bonchev–Trinajstić information content (AvgIpc) is 2.95. The Morgan fingerprint density at radius 3 is 2.96 bits per heavy atom. The number of pyridine rings is 1. The van der Waals surface area contributed by atoms with Crippen molar-refractivity contribution in [2.45, 2.75) is 19.1 Å². The summed E-state index contributed by atoms with van der Waals surface area (Å²) in [4.78, 5) is 37.6. The van der Waals surface area contributed by atoms with Crippen LogP contribution >= 0.6 is 0 Å². The zero-order chi connectivity index (χ0) is 17.8. The van der Waals surface area contributed by atoms with Gasteiger partial charge in [0.25, 0.3) is 11.5 Å². The molecule has 1 aliphatic rings. The van der Waals surface area contributed by atoms with E-state index in [9.17, 15) is 9.59 Å². The molecule has 25 heavy (non-hydrogen) atoms. The lowest BCUT2D eigenvalue weighted by atomic mass is 10.2. The van der Waals surface area contributed by atoms with Gasteiger partial charge in [0.15, 0.2) is 0 Å². The van der Waals surface area contributed by atoms with Crippen LogP contribution in [-0.4, -0.2) is 64.6 Å². The molecule has 8 heteroatoms. The molecule has 1 amide bonds. The molecule has 1 fully saturated rings. The number of hydrogen-bond donors (Lipinski definition) is 2. The fourth-order valence-corrected chi connectivity index (χ4v) is 2.94. The molecule has 0 spiro atoms. The molecule has 0 bridgehead atoms. The third-order valence-electron chi connectivity index (χ3n) is 4.12. The van der Waals surface area contributed by atoms with E-state index in [1.807, 2.05) is 14.0 Å². The van der Waals surface area contributed by atoms with Gasteiger partial charge in [0.2, 0.25) is 0 Å². The number of amides is 1. The van der Waals surface area contributed by atoms with Crippen molar-refractivity contribution in [3.63, 3.8) is 0 Å². The molecular formula is C17H21N5O3. The quantitative estimate of drug-likeness (QED) is 0.809. The van der Waals surface area contributed by atoms with Gasteiger partial charge in [-0.2, -0.15) is 0 Å². The number of likely N-dealkylation sites (tertiary alicyclic amines) is 1. The van der Waals surface area contributed by atoms with E-state index in [2.05, 4.69) is 25.2 Å². The number of ether oxygens (including phenoxy) is 1. The van der Waals surface area contributed by atoms with Gasteiger partial charge in [-0.05, 0) is 26.1 Å². The predicted molar refractivity (Wildman–Crippen MR) is 92.3 cm³/mol. The van der Waals surface area contributed by atoms with E-state index in [0.717, 1.165) is 6.54 Å². The second-order valence-corrected chi connectivity index (χ2v) is 6.01. The minimum absolute atomic E-state index is 0.0163. The number of carbonyl (C=O) groups excluding carboxylic acids is 1. The van der Waals surface area contributed by atoms with Gasteiger partial charge >= 0.3 is 0 Å². The molecule has 2 atom stereocenters. The number of hydrogen-bond acceptors (Lipinski definition) is 6. The Morgan fingerprint density at radius 1 is 1.44 bits per heavy atom. The molecule has 1 aliphatic heterocycles.